The van der Waals surface area contributed by atoms with Crippen molar-refractivity contribution >= 4 is 0 Å². The Balaban J connectivity index is 3.50. The largest absolute Gasteiger partial charge is 0.394 e. The van der Waals surface area contributed by atoms with Gasteiger partial charge in [-0.25, -0.2) is 0 Å². The van der Waals surface area contributed by atoms with Crippen LogP contribution in [-0.2, 0) is 4.74 Å². The first kappa shape index (κ1) is 17.7. The molecule has 0 bridgehead atoms. The number of nitrogens with one attached hydrogen (secondary N) is 1. The quantitative estimate of drug-likeness (QED) is 0.600. The van der Waals surface area contributed by atoms with Crippen LogP contribution in [0.1, 0.15) is 39.5 Å². The van der Waals surface area contributed by atoms with Crippen LogP contribution >= 0.6 is 0 Å². The number of ether oxygens (including phenoxy) is 1. The topological polar surface area (TPSA) is 41.5 Å². The van der Waals surface area contributed by atoms with E-state index in [1.54, 1.807) is 0 Å². The van der Waals surface area contributed by atoms with Gasteiger partial charge in [-0.3, -0.25) is 0 Å². The summed E-state index contributed by atoms with van der Waals surface area (Å²) in [6.07, 6.45) is -2.73. The summed E-state index contributed by atoms with van der Waals surface area (Å²) in [5, 5.41) is 12.4. The van der Waals surface area contributed by atoms with Crippen molar-refractivity contribution in [2.24, 2.45) is 0 Å². The third-order valence-electron chi connectivity index (χ3n) is 2.75. The highest BCUT2D eigenvalue weighted by atomic mass is 19.4. The number of rotatable bonds is 10. The van der Waals surface area contributed by atoms with E-state index in [1.807, 2.05) is 13.8 Å². The molecule has 18 heavy (non-hydrogen) atoms. The van der Waals surface area contributed by atoms with Crippen molar-refractivity contribution in [1.29, 1.82) is 0 Å². The smallest absolute Gasteiger partial charge is 0.391 e. The minimum Gasteiger partial charge on any atom is -0.394 e. The van der Waals surface area contributed by atoms with E-state index in [1.165, 1.54) is 0 Å². The molecule has 0 amide bonds. The fraction of sp³-hybridized carbons (Fsp3) is 1.00. The van der Waals surface area contributed by atoms with Gasteiger partial charge in [-0.15, -0.1) is 0 Å². The molecule has 1 atom stereocenters. The third-order valence-corrected chi connectivity index (χ3v) is 2.75. The van der Waals surface area contributed by atoms with E-state index in [2.05, 4.69) is 5.32 Å². The Bertz CT molecular complexity index is 212. The molecule has 0 saturated heterocycles. The first-order valence-corrected chi connectivity index (χ1v) is 6.33. The Kier molecular flexibility index (Phi) is 8.56. The van der Waals surface area contributed by atoms with Crippen LogP contribution in [0.4, 0.5) is 13.2 Å². The van der Waals surface area contributed by atoms with Crippen molar-refractivity contribution < 1.29 is 23.0 Å². The van der Waals surface area contributed by atoms with E-state index < -0.39 is 12.6 Å². The lowest BCUT2D eigenvalue weighted by atomic mass is 9.96. The Morgan fingerprint density at radius 3 is 2.28 bits per heavy atom. The first-order valence-electron chi connectivity index (χ1n) is 6.33. The molecule has 0 aliphatic rings. The number of halogens is 3. The zero-order chi connectivity index (χ0) is 14.1. The Morgan fingerprint density at radius 1 is 1.11 bits per heavy atom. The summed E-state index contributed by atoms with van der Waals surface area (Å²) in [6, 6.07) is 0. The lowest BCUT2D eigenvalue weighted by molar-refractivity contribution is -0.145. The molecule has 0 aromatic heterocycles. The van der Waals surface area contributed by atoms with Crippen LogP contribution in [0.25, 0.3) is 0 Å². The molecule has 2 N–H and O–H groups in total. The number of aliphatic hydroxyl groups is 1. The van der Waals surface area contributed by atoms with Crippen LogP contribution in [-0.4, -0.2) is 43.2 Å². The van der Waals surface area contributed by atoms with Crippen LogP contribution in [0.15, 0.2) is 0 Å². The van der Waals surface area contributed by atoms with Gasteiger partial charge in [-0.1, -0.05) is 6.92 Å². The van der Waals surface area contributed by atoms with Crippen LogP contribution in [0.2, 0.25) is 0 Å². The molecule has 0 aromatic rings. The number of likely N-dealkylation sites (N-methyl/N-ethyl adjacent to an activating group) is 1. The van der Waals surface area contributed by atoms with E-state index in [4.69, 9.17) is 4.74 Å². The minimum absolute atomic E-state index is 0.0514. The molecule has 0 spiro atoms. The van der Waals surface area contributed by atoms with E-state index in [0.29, 0.717) is 13.0 Å². The zero-order valence-corrected chi connectivity index (χ0v) is 11.1. The number of hydrogen-bond donors (Lipinski definition) is 2. The van der Waals surface area contributed by atoms with Gasteiger partial charge in [-0.2, -0.15) is 13.2 Å². The van der Waals surface area contributed by atoms with Gasteiger partial charge in [0.2, 0.25) is 0 Å². The lowest BCUT2D eigenvalue weighted by Gasteiger charge is -2.28. The van der Waals surface area contributed by atoms with E-state index in [0.717, 1.165) is 19.4 Å². The third kappa shape index (κ3) is 9.67. The highest BCUT2D eigenvalue weighted by Crippen LogP contribution is 2.19. The maximum absolute atomic E-state index is 11.8. The molecule has 0 rings (SSSR count). The molecular formula is C12H24F3NO2. The molecule has 0 saturated carbocycles. The Labute approximate surface area is 107 Å². The van der Waals surface area contributed by atoms with Gasteiger partial charge < -0.3 is 15.2 Å². The van der Waals surface area contributed by atoms with Gasteiger partial charge in [0.15, 0.2) is 0 Å². The normalized spacial score (nSPS) is 15.7. The second-order valence-electron chi connectivity index (χ2n) is 4.68. The molecule has 1 unspecified atom stereocenters. The average molecular weight is 271 g/mol. The summed E-state index contributed by atoms with van der Waals surface area (Å²) >= 11 is 0. The van der Waals surface area contributed by atoms with Crippen LogP contribution in [0.5, 0.6) is 0 Å². The monoisotopic (exact) mass is 271 g/mol. The number of unbranched alkanes of at least 4 members (excludes halogenated alkanes) is 1. The minimum atomic E-state index is -4.14. The maximum atomic E-state index is 11.8. The predicted octanol–water partition coefficient (Wildman–Crippen LogP) is 2.49. The van der Waals surface area contributed by atoms with Gasteiger partial charge >= 0.3 is 6.18 Å². The SMILES string of the molecule is CCNC(C)(CO)CCCCOCCC(F)(F)F. The van der Waals surface area contributed by atoms with Crippen LogP contribution in [0, 0.1) is 0 Å². The van der Waals surface area contributed by atoms with Gasteiger partial charge in [-0.05, 0) is 32.7 Å². The molecule has 0 heterocycles. The van der Waals surface area contributed by atoms with E-state index in [9.17, 15) is 18.3 Å². The van der Waals surface area contributed by atoms with E-state index in [-0.39, 0.29) is 18.8 Å². The van der Waals surface area contributed by atoms with E-state index >= 15 is 0 Å². The maximum Gasteiger partial charge on any atom is 0.391 e. The molecular weight excluding hydrogens is 247 g/mol. The summed E-state index contributed by atoms with van der Waals surface area (Å²) < 4.78 is 40.3. The average Bonchev–Trinajstić information content (AvgIpc) is 2.27. The fourth-order valence-corrected chi connectivity index (χ4v) is 1.66. The zero-order valence-electron chi connectivity index (χ0n) is 11.1. The van der Waals surface area contributed by atoms with Gasteiger partial charge in [0, 0.05) is 12.1 Å². The van der Waals surface area contributed by atoms with Crippen LogP contribution in [0.3, 0.4) is 0 Å². The Morgan fingerprint density at radius 2 is 1.78 bits per heavy atom. The van der Waals surface area contributed by atoms with Crippen molar-refractivity contribution in [3.63, 3.8) is 0 Å². The molecule has 0 fully saturated rings. The van der Waals surface area contributed by atoms with Gasteiger partial charge in [0.25, 0.3) is 0 Å². The van der Waals surface area contributed by atoms with Crippen molar-refractivity contribution in [2.45, 2.75) is 51.2 Å². The summed E-state index contributed by atoms with van der Waals surface area (Å²) in [5.74, 6) is 0. The highest BCUT2D eigenvalue weighted by Gasteiger charge is 2.26. The van der Waals surface area contributed by atoms with Crippen molar-refractivity contribution in [1.82, 2.24) is 5.32 Å². The first-order chi connectivity index (χ1) is 8.33. The summed E-state index contributed by atoms with van der Waals surface area (Å²) in [5.41, 5.74) is -0.305. The second-order valence-corrected chi connectivity index (χ2v) is 4.68. The molecule has 0 radical (unpaired) electrons. The molecule has 6 heteroatoms. The predicted molar refractivity (Wildman–Crippen MR) is 64.5 cm³/mol. The molecule has 0 aliphatic heterocycles. The standard InChI is InChI=1S/C12H24F3NO2/c1-3-16-11(2,10-17)6-4-5-8-18-9-7-12(13,14)15/h16-17H,3-10H2,1-2H3. The second kappa shape index (κ2) is 8.72. The summed E-state index contributed by atoms with van der Waals surface area (Å²) in [7, 11) is 0. The Hall–Kier alpha value is -0.330. The van der Waals surface area contributed by atoms with Crippen molar-refractivity contribution in [2.75, 3.05) is 26.4 Å². The van der Waals surface area contributed by atoms with Crippen molar-refractivity contribution in [3.05, 3.63) is 0 Å². The highest BCUT2D eigenvalue weighted by molar-refractivity contribution is 4.81. The number of hydrogen-bond acceptors (Lipinski definition) is 3. The lowest BCUT2D eigenvalue weighted by Crippen LogP contribution is -2.45. The molecule has 110 valence electrons. The molecule has 0 aliphatic carbocycles. The number of aliphatic hydroxyl groups excluding tert-OH is 1. The van der Waals surface area contributed by atoms with Crippen molar-refractivity contribution in [3.8, 4) is 0 Å². The fourth-order valence-electron chi connectivity index (χ4n) is 1.66. The number of alkyl halides is 3. The van der Waals surface area contributed by atoms with Crippen LogP contribution < -0.4 is 5.32 Å². The molecule has 3 nitrogen and oxygen atoms in total. The molecule has 0 aromatic carbocycles. The summed E-state index contributed by atoms with van der Waals surface area (Å²) in [6.45, 7) is 4.79. The van der Waals surface area contributed by atoms with Gasteiger partial charge in [0.1, 0.15) is 0 Å². The van der Waals surface area contributed by atoms with Gasteiger partial charge in [0.05, 0.1) is 19.6 Å². The summed E-state index contributed by atoms with van der Waals surface area (Å²) in [4.78, 5) is 0.